The fourth-order valence-corrected chi connectivity index (χ4v) is 1.48. The SMILES string of the molecule is NCCCc1cn(CCn2ccnc2)nn1. The number of hydrogen-bond acceptors (Lipinski definition) is 4. The molecule has 0 fully saturated rings. The van der Waals surface area contributed by atoms with Gasteiger partial charge in [-0.1, -0.05) is 5.21 Å². The molecule has 2 aromatic heterocycles. The minimum atomic E-state index is 0.696. The van der Waals surface area contributed by atoms with E-state index in [4.69, 9.17) is 5.73 Å². The summed E-state index contributed by atoms with van der Waals surface area (Å²) in [6, 6.07) is 0. The van der Waals surface area contributed by atoms with E-state index < -0.39 is 0 Å². The van der Waals surface area contributed by atoms with Crippen molar-refractivity contribution in [2.75, 3.05) is 6.54 Å². The molecular formula is C10H16N6. The van der Waals surface area contributed by atoms with Gasteiger partial charge in [0.15, 0.2) is 0 Å². The van der Waals surface area contributed by atoms with Gasteiger partial charge >= 0.3 is 0 Å². The largest absolute Gasteiger partial charge is 0.336 e. The van der Waals surface area contributed by atoms with E-state index in [0.717, 1.165) is 31.6 Å². The summed E-state index contributed by atoms with van der Waals surface area (Å²) in [5.41, 5.74) is 6.45. The summed E-state index contributed by atoms with van der Waals surface area (Å²) in [5, 5.41) is 8.15. The molecule has 0 aliphatic rings. The molecule has 6 heteroatoms. The molecule has 0 saturated carbocycles. The van der Waals surface area contributed by atoms with Crippen molar-refractivity contribution < 1.29 is 0 Å². The lowest BCUT2D eigenvalue weighted by molar-refractivity contribution is 0.519. The van der Waals surface area contributed by atoms with Crippen LogP contribution in [0.25, 0.3) is 0 Å². The van der Waals surface area contributed by atoms with Gasteiger partial charge in [0, 0.05) is 25.1 Å². The van der Waals surface area contributed by atoms with Gasteiger partial charge < -0.3 is 10.3 Å². The summed E-state index contributed by atoms with van der Waals surface area (Å²) in [5.74, 6) is 0. The number of aromatic nitrogens is 5. The van der Waals surface area contributed by atoms with Gasteiger partial charge in [0.1, 0.15) is 0 Å². The fraction of sp³-hybridized carbons (Fsp3) is 0.500. The van der Waals surface area contributed by atoms with E-state index in [2.05, 4.69) is 15.3 Å². The first-order chi connectivity index (χ1) is 7.88. The molecule has 2 rings (SSSR count). The van der Waals surface area contributed by atoms with Gasteiger partial charge in [0.2, 0.25) is 0 Å². The van der Waals surface area contributed by atoms with Crippen LogP contribution in [0, 0.1) is 0 Å². The standard InChI is InChI=1S/C10H16N6/c11-3-1-2-10-8-16(14-13-10)7-6-15-5-4-12-9-15/h4-5,8-9H,1-3,6-7,11H2. The van der Waals surface area contributed by atoms with Crippen molar-refractivity contribution in [3.8, 4) is 0 Å². The van der Waals surface area contributed by atoms with E-state index in [1.54, 1.807) is 12.5 Å². The van der Waals surface area contributed by atoms with Crippen molar-refractivity contribution >= 4 is 0 Å². The molecule has 0 aromatic carbocycles. The molecule has 0 aliphatic heterocycles. The molecule has 2 aromatic rings. The predicted molar refractivity (Wildman–Crippen MR) is 59.6 cm³/mol. The highest BCUT2D eigenvalue weighted by Crippen LogP contribution is 1.98. The molecular weight excluding hydrogens is 204 g/mol. The van der Waals surface area contributed by atoms with Crippen LogP contribution in [0.1, 0.15) is 12.1 Å². The maximum Gasteiger partial charge on any atom is 0.0946 e. The van der Waals surface area contributed by atoms with Gasteiger partial charge in [-0.15, -0.1) is 5.10 Å². The van der Waals surface area contributed by atoms with Crippen LogP contribution in [-0.2, 0) is 19.5 Å². The highest BCUT2D eigenvalue weighted by atomic mass is 15.4. The topological polar surface area (TPSA) is 74.5 Å². The second-order valence-electron chi connectivity index (χ2n) is 3.67. The summed E-state index contributed by atoms with van der Waals surface area (Å²) < 4.78 is 3.87. The first-order valence-electron chi connectivity index (χ1n) is 5.43. The van der Waals surface area contributed by atoms with E-state index in [9.17, 15) is 0 Å². The average Bonchev–Trinajstić information content (AvgIpc) is 2.95. The Labute approximate surface area is 94.1 Å². The Kier molecular flexibility index (Phi) is 3.66. The van der Waals surface area contributed by atoms with Crippen LogP contribution in [-0.4, -0.2) is 31.1 Å². The average molecular weight is 220 g/mol. The third kappa shape index (κ3) is 2.90. The lowest BCUT2D eigenvalue weighted by atomic mass is 10.2. The number of aryl methyl sites for hydroxylation is 3. The minimum absolute atomic E-state index is 0.696. The molecule has 2 N–H and O–H groups in total. The number of nitrogens with zero attached hydrogens (tertiary/aromatic N) is 5. The summed E-state index contributed by atoms with van der Waals surface area (Å²) in [6.07, 6.45) is 9.35. The van der Waals surface area contributed by atoms with Gasteiger partial charge in [0.05, 0.1) is 18.6 Å². The molecule has 0 amide bonds. The number of imidazole rings is 1. The van der Waals surface area contributed by atoms with Crippen LogP contribution in [0.5, 0.6) is 0 Å². The lowest BCUT2D eigenvalue weighted by Gasteiger charge is -2.00. The van der Waals surface area contributed by atoms with Crippen LogP contribution in [0.2, 0.25) is 0 Å². The van der Waals surface area contributed by atoms with Crippen LogP contribution >= 0.6 is 0 Å². The highest BCUT2D eigenvalue weighted by molar-refractivity contribution is 4.92. The smallest absolute Gasteiger partial charge is 0.0946 e. The van der Waals surface area contributed by atoms with Crippen molar-refractivity contribution in [2.24, 2.45) is 5.73 Å². The first-order valence-corrected chi connectivity index (χ1v) is 5.43. The summed E-state index contributed by atoms with van der Waals surface area (Å²) in [7, 11) is 0. The van der Waals surface area contributed by atoms with E-state index in [1.165, 1.54) is 0 Å². The Morgan fingerprint density at radius 3 is 3.00 bits per heavy atom. The molecule has 0 aliphatic carbocycles. The molecule has 0 radical (unpaired) electrons. The minimum Gasteiger partial charge on any atom is -0.336 e. The molecule has 0 atom stereocenters. The van der Waals surface area contributed by atoms with E-state index in [-0.39, 0.29) is 0 Å². The molecule has 6 nitrogen and oxygen atoms in total. The van der Waals surface area contributed by atoms with Crippen molar-refractivity contribution in [1.82, 2.24) is 24.5 Å². The third-order valence-corrected chi connectivity index (χ3v) is 2.37. The van der Waals surface area contributed by atoms with Crippen LogP contribution in [0.3, 0.4) is 0 Å². The number of nitrogens with two attached hydrogens (primary N) is 1. The lowest BCUT2D eigenvalue weighted by Crippen LogP contribution is -2.06. The summed E-state index contributed by atoms with van der Waals surface area (Å²) >= 11 is 0. The first kappa shape index (κ1) is 10.8. The van der Waals surface area contributed by atoms with Crippen LogP contribution in [0.15, 0.2) is 24.9 Å². The van der Waals surface area contributed by atoms with Crippen molar-refractivity contribution in [1.29, 1.82) is 0 Å². The van der Waals surface area contributed by atoms with Crippen LogP contribution < -0.4 is 5.73 Å². The van der Waals surface area contributed by atoms with Gasteiger partial charge in [-0.05, 0) is 19.4 Å². The molecule has 86 valence electrons. The van der Waals surface area contributed by atoms with Crippen molar-refractivity contribution in [3.63, 3.8) is 0 Å². The molecule has 2 heterocycles. The van der Waals surface area contributed by atoms with Crippen molar-refractivity contribution in [3.05, 3.63) is 30.6 Å². The number of rotatable bonds is 6. The van der Waals surface area contributed by atoms with Gasteiger partial charge in [-0.3, -0.25) is 4.68 Å². The van der Waals surface area contributed by atoms with Crippen LogP contribution in [0.4, 0.5) is 0 Å². The predicted octanol–water partition coefficient (Wildman–Crippen LogP) is 0.0661. The van der Waals surface area contributed by atoms with Gasteiger partial charge in [-0.25, -0.2) is 4.98 Å². The fourth-order valence-electron chi connectivity index (χ4n) is 1.48. The molecule has 16 heavy (non-hydrogen) atoms. The normalized spacial score (nSPS) is 10.8. The van der Waals surface area contributed by atoms with E-state index in [1.807, 2.05) is 21.6 Å². The number of hydrogen-bond donors (Lipinski definition) is 1. The summed E-state index contributed by atoms with van der Waals surface area (Å²) in [6.45, 7) is 2.37. The summed E-state index contributed by atoms with van der Waals surface area (Å²) in [4.78, 5) is 3.98. The van der Waals surface area contributed by atoms with Crippen molar-refractivity contribution in [2.45, 2.75) is 25.9 Å². The van der Waals surface area contributed by atoms with Gasteiger partial charge in [-0.2, -0.15) is 0 Å². The quantitative estimate of drug-likeness (QED) is 0.747. The molecule has 0 bridgehead atoms. The third-order valence-electron chi connectivity index (χ3n) is 2.37. The Morgan fingerprint density at radius 1 is 1.31 bits per heavy atom. The second-order valence-corrected chi connectivity index (χ2v) is 3.67. The molecule has 0 unspecified atom stereocenters. The zero-order chi connectivity index (χ0) is 11.2. The maximum atomic E-state index is 5.44. The Hall–Kier alpha value is -1.69. The maximum absolute atomic E-state index is 5.44. The Morgan fingerprint density at radius 2 is 2.25 bits per heavy atom. The zero-order valence-corrected chi connectivity index (χ0v) is 9.16. The monoisotopic (exact) mass is 220 g/mol. The zero-order valence-electron chi connectivity index (χ0n) is 9.16. The molecule has 0 spiro atoms. The Bertz CT molecular complexity index is 405. The van der Waals surface area contributed by atoms with E-state index >= 15 is 0 Å². The second kappa shape index (κ2) is 5.41. The Balaban J connectivity index is 1.83. The highest BCUT2D eigenvalue weighted by Gasteiger charge is 2.00. The van der Waals surface area contributed by atoms with E-state index in [0.29, 0.717) is 6.54 Å². The van der Waals surface area contributed by atoms with Gasteiger partial charge in [0.25, 0.3) is 0 Å². The molecule has 0 saturated heterocycles.